The van der Waals surface area contributed by atoms with E-state index in [0.29, 0.717) is 10.7 Å². The summed E-state index contributed by atoms with van der Waals surface area (Å²) in [6.45, 7) is 5.04. The van der Waals surface area contributed by atoms with E-state index < -0.39 is 30.0 Å². The number of carbonyl (C=O) groups excluding carboxylic acids is 2. The molecule has 0 spiro atoms. The molecule has 1 heterocycles. The van der Waals surface area contributed by atoms with Gasteiger partial charge < -0.3 is 0 Å². The summed E-state index contributed by atoms with van der Waals surface area (Å²) in [4.78, 5) is 26.6. The van der Waals surface area contributed by atoms with E-state index in [9.17, 15) is 22.8 Å². The monoisotopic (exact) mass is 428 g/mol. The van der Waals surface area contributed by atoms with Gasteiger partial charge in [0.25, 0.3) is 11.8 Å². The first-order chi connectivity index (χ1) is 14.5. The molecule has 31 heavy (non-hydrogen) atoms. The van der Waals surface area contributed by atoms with E-state index in [2.05, 4.69) is 0 Å². The maximum atomic E-state index is 13.4. The molecule has 0 aliphatic carbocycles. The molecule has 1 aliphatic rings. The van der Waals surface area contributed by atoms with Crippen LogP contribution >= 0.6 is 0 Å². The number of hydrazine groups is 1. The SMILES string of the molecule is C/C(=C1/C(=O)N(c2cc(C)cc(C)c2)c2cc(C(F)(F)F)ccc21)N(N)C(=O)CC#N. The predicted molar refractivity (Wildman–Crippen MR) is 108 cm³/mol. The Balaban J connectivity index is 2.27. The van der Waals surface area contributed by atoms with E-state index in [-0.39, 0.29) is 22.5 Å². The average Bonchev–Trinajstić information content (AvgIpc) is 2.96. The molecule has 3 rings (SSSR count). The normalized spacial score (nSPS) is 14.9. The molecule has 0 aromatic heterocycles. The lowest BCUT2D eigenvalue weighted by molar-refractivity contribution is -0.137. The molecule has 2 aromatic carbocycles. The Hall–Kier alpha value is -3.64. The van der Waals surface area contributed by atoms with E-state index in [1.165, 1.54) is 17.9 Å². The highest BCUT2D eigenvalue weighted by atomic mass is 19.4. The molecule has 0 saturated carbocycles. The van der Waals surface area contributed by atoms with Crippen LogP contribution in [0.1, 0.15) is 35.6 Å². The van der Waals surface area contributed by atoms with Crippen LogP contribution in [-0.4, -0.2) is 16.8 Å². The summed E-state index contributed by atoms with van der Waals surface area (Å²) in [6, 6.07) is 9.91. The van der Waals surface area contributed by atoms with Gasteiger partial charge in [0.15, 0.2) is 0 Å². The minimum Gasteiger partial charge on any atom is -0.276 e. The van der Waals surface area contributed by atoms with Crippen LogP contribution < -0.4 is 10.7 Å². The highest BCUT2D eigenvalue weighted by molar-refractivity contribution is 6.35. The Bertz CT molecular complexity index is 1140. The van der Waals surface area contributed by atoms with Crippen molar-refractivity contribution in [3.63, 3.8) is 0 Å². The number of aryl methyl sites for hydroxylation is 2. The first-order valence-corrected chi connectivity index (χ1v) is 9.25. The lowest BCUT2D eigenvalue weighted by Gasteiger charge is -2.20. The fraction of sp³-hybridized carbons (Fsp3) is 0.227. The molecule has 2 aromatic rings. The second-order valence-corrected chi connectivity index (χ2v) is 7.28. The molecule has 0 saturated heterocycles. The van der Waals surface area contributed by atoms with Crippen LogP contribution in [0.5, 0.6) is 0 Å². The molecule has 0 bridgehead atoms. The van der Waals surface area contributed by atoms with Crippen molar-refractivity contribution < 1.29 is 22.8 Å². The van der Waals surface area contributed by atoms with Crippen LogP contribution in [0, 0.1) is 25.2 Å². The molecule has 1 aliphatic heterocycles. The number of nitrogens with zero attached hydrogens (tertiary/aromatic N) is 3. The van der Waals surface area contributed by atoms with Crippen molar-refractivity contribution in [3.8, 4) is 6.07 Å². The predicted octanol–water partition coefficient (Wildman–Crippen LogP) is 4.35. The number of nitriles is 1. The number of fused-ring (bicyclic) bond motifs is 1. The summed E-state index contributed by atoms with van der Waals surface area (Å²) in [5.74, 6) is 4.45. The summed E-state index contributed by atoms with van der Waals surface area (Å²) < 4.78 is 40.1. The topological polar surface area (TPSA) is 90.4 Å². The molecule has 0 radical (unpaired) electrons. The largest absolute Gasteiger partial charge is 0.416 e. The first-order valence-electron chi connectivity index (χ1n) is 9.25. The minimum absolute atomic E-state index is 0.00308. The van der Waals surface area contributed by atoms with Gasteiger partial charge in [-0.25, -0.2) is 5.84 Å². The van der Waals surface area contributed by atoms with E-state index in [0.717, 1.165) is 23.3 Å². The summed E-state index contributed by atoms with van der Waals surface area (Å²) >= 11 is 0. The number of rotatable bonds is 3. The third-order valence-corrected chi connectivity index (χ3v) is 4.94. The Morgan fingerprint density at radius 2 is 1.77 bits per heavy atom. The van der Waals surface area contributed by atoms with Crippen LogP contribution in [0.2, 0.25) is 0 Å². The van der Waals surface area contributed by atoms with Crippen molar-refractivity contribution in [1.29, 1.82) is 5.26 Å². The standard InChI is InChI=1S/C22H19F3N4O2/c1-12-8-13(2)10-16(9-12)28-18-11-15(22(23,24)25)4-5-17(18)20(21(28)31)14(3)29(27)19(30)6-7-26/h4-5,8-11H,6,27H2,1-3H3/b20-14-. The molecule has 2 N–H and O–H groups in total. The van der Waals surface area contributed by atoms with E-state index >= 15 is 0 Å². The van der Waals surface area contributed by atoms with Gasteiger partial charge in [0.1, 0.15) is 6.42 Å². The number of benzene rings is 2. The smallest absolute Gasteiger partial charge is 0.276 e. The lowest BCUT2D eigenvalue weighted by Crippen LogP contribution is -2.36. The summed E-state index contributed by atoms with van der Waals surface area (Å²) in [7, 11) is 0. The molecule has 160 valence electrons. The number of hydrogen-bond acceptors (Lipinski definition) is 4. The maximum Gasteiger partial charge on any atom is 0.416 e. The van der Waals surface area contributed by atoms with Crippen molar-refractivity contribution in [3.05, 3.63) is 64.3 Å². The highest BCUT2D eigenvalue weighted by Gasteiger charge is 2.39. The fourth-order valence-electron chi connectivity index (χ4n) is 3.59. The van der Waals surface area contributed by atoms with Crippen LogP contribution in [0.15, 0.2) is 42.1 Å². The Kier molecular flexibility index (Phi) is 5.61. The minimum atomic E-state index is -4.60. The lowest BCUT2D eigenvalue weighted by atomic mass is 10.0. The fourth-order valence-corrected chi connectivity index (χ4v) is 3.59. The van der Waals surface area contributed by atoms with Gasteiger partial charge in [-0.2, -0.15) is 18.4 Å². The van der Waals surface area contributed by atoms with Gasteiger partial charge in [-0.05, 0) is 56.2 Å². The summed E-state index contributed by atoms with van der Waals surface area (Å²) in [5.41, 5.74) is 1.45. The number of anilines is 2. The van der Waals surface area contributed by atoms with Crippen LogP contribution in [0.4, 0.5) is 24.5 Å². The summed E-state index contributed by atoms with van der Waals surface area (Å²) in [5, 5.41) is 9.42. The zero-order valence-electron chi connectivity index (χ0n) is 17.0. The first kappa shape index (κ1) is 22.1. The number of halogens is 3. The second kappa shape index (κ2) is 7.89. The second-order valence-electron chi connectivity index (χ2n) is 7.28. The molecular weight excluding hydrogens is 409 g/mol. The number of carbonyl (C=O) groups is 2. The van der Waals surface area contributed by atoms with Crippen molar-refractivity contribution >= 4 is 28.8 Å². The molecule has 0 atom stereocenters. The van der Waals surface area contributed by atoms with Crippen molar-refractivity contribution in [2.45, 2.75) is 33.4 Å². The zero-order valence-corrected chi connectivity index (χ0v) is 17.0. The van der Waals surface area contributed by atoms with Crippen molar-refractivity contribution in [2.75, 3.05) is 4.90 Å². The molecule has 2 amide bonds. The number of hydrogen-bond donors (Lipinski definition) is 1. The van der Waals surface area contributed by atoms with Gasteiger partial charge in [-0.15, -0.1) is 0 Å². The zero-order chi connectivity index (χ0) is 23.1. The highest BCUT2D eigenvalue weighted by Crippen LogP contribution is 2.45. The van der Waals surface area contributed by atoms with Crippen LogP contribution in [0.3, 0.4) is 0 Å². The molecule has 6 nitrogen and oxygen atoms in total. The number of alkyl halides is 3. The van der Waals surface area contributed by atoms with Crippen LogP contribution in [-0.2, 0) is 15.8 Å². The maximum absolute atomic E-state index is 13.4. The summed E-state index contributed by atoms with van der Waals surface area (Å²) in [6.07, 6.45) is -5.10. The van der Waals surface area contributed by atoms with Crippen molar-refractivity contribution in [2.24, 2.45) is 5.84 Å². The quantitative estimate of drug-likeness (QED) is 0.341. The molecule has 0 fully saturated rings. The van der Waals surface area contributed by atoms with Gasteiger partial charge in [0, 0.05) is 16.9 Å². The van der Waals surface area contributed by atoms with Crippen molar-refractivity contribution in [1.82, 2.24) is 5.01 Å². The van der Waals surface area contributed by atoms with Gasteiger partial charge >= 0.3 is 6.18 Å². The van der Waals surface area contributed by atoms with Gasteiger partial charge in [-0.1, -0.05) is 12.1 Å². The molecule has 0 unspecified atom stereocenters. The Labute approximate surface area is 176 Å². The van der Waals surface area contributed by atoms with Crippen LogP contribution in [0.25, 0.3) is 5.57 Å². The van der Waals surface area contributed by atoms with E-state index in [1.54, 1.807) is 18.2 Å². The van der Waals surface area contributed by atoms with Gasteiger partial charge in [-0.3, -0.25) is 19.5 Å². The average molecular weight is 428 g/mol. The third-order valence-electron chi connectivity index (χ3n) is 4.94. The number of allylic oxidation sites excluding steroid dienone is 1. The Morgan fingerprint density at radius 3 is 2.32 bits per heavy atom. The van der Waals surface area contributed by atoms with Gasteiger partial charge in [0.05, 0.1) is 22.9 Å². The van der Waals surface area contributed by atoms with Gasteiger partial charge in [0.2, 0.25) is 0 Å². The van der Waals surface area contributed by atoms with E-state index in [1.807, 2.05) is 19.9 Å². The third kappa shape index (κ3) is 4.02. The van der Waals surface area contributed by atoms with E-state index in [4.69, 9.17) is 11.1 Å². The number of amides is 2. The molecular formula is C22H19F3N4O2. The Morgan fingerprint density at radius 1 is 1.16 bits per heavy atom. The molecule has 9 heteroatoms. The number of nitrogens with two attached hydrogens (primary N) is 1.